The number of hydrogen-bond acceptors (Lipinski definition) is 3. The van der Waals surface area contributed by atoms with Crippen molar-refractivity contribution in [1.82, 2.24) is 15.1 Å². The highest BCUT2D eigenvalue weighted by Crippen LogP contribution is 2.22. The molecule has 0 bridgehead atoms. The molecule has 1 aromatic rings. The second-order valence-electron chi connectivity index (χ2n) is 6.33. The number of nitrogens with one attached hydrogen (secondary N) is 1. The van der Waals surface area contributed by atoms with Gasteiger partial charge in [0.25, 0.3) is 5.91 Å². The lowest BCUT2D eigenvalue weighted by molar-refractivity contribution is -0.137. The number of nitrogens with zero attached hydrogens (tertiary/aromatic N) is 2. The first kappa shape index (κ1) is 16.2. The molecule has 0 aliphatic heterocycles. The van der Waals surface area contributed by atoms with Crippen LogP contribution in [0.1, 0.15) is 49.7 Å². The van der Waals surface area contributed by atoms with E-state index in [9.17, 15) is 9.59 Å². The summed E-state index contributed by atoms with van der Waals surface area (Å²) in [6.07, 6.45) is 2.16. The van der Waals surface area contributed by atoms with Gasteiger partial charge in [-0.15, -0.1) is 0 Å². The van der Waals surface area contributed by atoms with Gasteiger partial charge in [0, 0.05) is 19.3 Å². The van der Waals surface area contributed by atoms with Crippen molar-refractivity contribution in [2.24, 2.45) is 12.5 Å². The zero-order chi connectivity index (χ0) is 15.5. The third-order valence-corrected chi connectivity index (χ3v) is 2.87. The van der Waals surface area contributed by atoms with Crippen LogP contribution >= 0.6 is 0 Å². The predicted octanol–water partition coefficient (Wildman–Crippen LogP) is 1.74. The van der Waals surface area contributed by atoms with Gasteiger partial charge in [0.05, 0.1) is 17.7 Å². The Morgan fingerprint density at radius 1 is 1.45 bits per heavy atom. The Kier molecular flexibility index (Phi) is 4.92. The number of carboxylic acids is 1. The molecular weight excluding hydrogens is 258 g/mol. The van der Waals surface area contributed by atoms with E-state index in [4.69, 9.17) is 5.11 Å². The van der Waals surface area contributed by atoms with Crippen molar-refractivity contribution in [1.29, 1.82) is 0 Å². The van der Waals surface area contributed by atoms with Crippen LogP contribution in [-0.2, 0) is 11.8 Å². The molecule has 0 saturated carbocycles. The summed E-state index contributed by atoms with van der Waals surface area (Å²) in [6, 6.07) is -0.389. The van der Waals surface area contributed by atoms with Crippen molar-refractivity contribution >= 4 is 11.9 Å². The number of aliphatic carboxylic acids is 1. The number of rotatable bonds is 5. The Morgan fingerprint density at radius 3 is 2.45 bits per heavy atom. The fourth-order valence-corrected chi connectivity index (χ4v) is 2.21. The molecule has 0 aliphatic carbocycles. The van der Waals surface area contributed by atoms with Crippen LogP contribution in [0, 0.1) is 12.3 Å². The lowest BCUT2D eigenvalue weighted by Crippen LogP contribution is -2.39. The first-order chi connectivity index (χ1) is 9.08. The second-order valence-corrected chi connectivity index (χ2v) is 6.33. The molecule has 0 saturated heterocycles. The Bertz CT molecular complexity index is 500. The molecule has 20 heavy (non-hydrogen) atoms. The van der Waals surface area contributed by atoms with Gasteiger partial charge in [0.15, 0.2) is 0 Å². The minimum atomic E-state index is -0.914. The van der Waals surface area contributed by atoms with Crippen molar-refractivity contribution in [3.05, 3.63) is 17.5 Å². The van der Waals surface area contributed by atoms with Crippen LogP contribution in [0.25, 0.3) is 0 Å². The smallest absolute Gasteiger partial charge is 0.305 e. The lowest BCUT2D eigenvalue weighted by Gasteiger charge is -2.25. The summed E-state index contributed by atoms with van der Waals surface area (Å²) in [4.78, 5) is 23.1. The monoisotopic (exact) mass is 281 g/mol. The standard InChI is InChI=1S/C14H23N3O3/c1-9-11(8-17(5)16-9)13(20)15-10(6-12(18)19)7-14(2,3)4/h8,10H,6-7H2,1-5H3,(H,15,20)(H,18,19). The number of carboxylic acid groups (broad SMARTS) is 1. The maximum absolute atomic E-state index is 12.2. The quantitative estimate of drug-likeness (QED) is 0.861. The Morgan fingerprint density at radius 2 is 2.05 bits per heavy atom. The lowest BCUT2D eigenvalue weighted by atomic mass is 9.87. The van der Waals surface area contributed by atoms with Gasteiger partial charge in [-0.3, -0.25) is 14.3 Å². The maximum atomic E-state index is 12.2. The zero-order valence-electron chi connectivity index (χ0n) is 12.7. The first-order valence-corrected chi connectivity index (χ1v) is 6.61. The normalized spacial score (nSPS) is 13.1. The number of aryl methyl sites for hydroxylation is 2. The summed E-state index contributed by atoms with van der Waals surface area (Å²) >= 11 is 0. The SMILES string of the molecule is Cc1nn(C)cc1C(=O)NC(CC(=O)O)CC(C)(C)C. The van der Waals surface area contributed by atoms with Crippen LogP contribution in [0.4, 0.5) is 0 Å². The van der Waals surface area contributed by atoms with Crippen LogP contribution in [-0.4, -0.2) is 32.8 Å². The van der Waals surface area contributed by atoms with Crippen LogP contribution in [0.2, 0.25) is 0 Å². The molecule has 0 aromatic carbocycles. The van der Waals surface area contributed by atoms with Crippen molar-refractivity contribution in [3.63, 3.8) is 0 Å². The van der Waals surface area contributed by atoms with E-state index < -0.39 is 5.97 Å². The van der Waals surface area contributed by atoms with E-state index in [-0.39, 0.29) is 23.8 Å². The second kappa shape index (κ2) is 6.07. The molecule has 0 aliphatic rings. The summed E-state index contributed by atoms with van der Waals surface area (Å²) in [5.74, 6) is -1.19. The Hall–Kier alpha value is -1.85. The van der Waals surface area contributed by atoms with Crippen LogP contribution in [0.5, 0.6) is 0 Å². The Balaban J connectivity index is 2.81. The van der Waals surface area contributed by atoms with Gasteiger partial charge in [-0.1, -0.05) is 20.8 Å². The summed E-state index contributed by atoms with van der Waals surface area (Å²) in [7, 11) is 1.74. The predicted molar refractivity (Wildman–Crippen MR) is 75.5 cm³/mol. The van der Waals surface area contributed by atoms with Gasteiger partial charge in [-0.05, 0) is 18.8 Å². The molecule has 112 valence electrons. The van der Waals surface area contributed by atoms with E-state index in [1.165, 1.54) is 0 Å². The molecule has 1 aromatic heterocycles. The highest BCUT2D eigenvalue weighted by atomic mass is 16.4. The van der Waals surface area contributed by atoms with E-state index in [2.05, 4.69) is 10.4 Å². The first-order valence-electron chi connectivity index (χ1n) is 6.61. The van der Waals surface area contributed by atoms with Gasteiger partial charge in [-0.2, -0.15) is 5.10 Å². The van der Waals surface area contributed by atoms with Crippen molar-refractivity contribution in [3.8, 4) is 0 Å². The molecule has 1 amide bonds. The topological polar surface area (TPSA) is 84.2 Å². The summed E-state index contributed by atoms with van der Waals surface area (Å²) in [6.45, 7) is 7.81. The van der Waals surface area contributed by atoms with Crippen LogP contribution in [0.15, 0.2) is 6.20 Å². The molecule has 0 radical (unpaired) electrons. The molecule has 0 spiro atoms. The third-order valence-electron chi connectivity index (χ3n) is 2.87. The van der Waals surface area contributed by atoms with Crippen molar-refractivity contribution in [2.75, 3.05) is 0 Å². The van der Waals surface area contributed by atoms with E-state index in [0.717, 1.165) is 0 Å². The highest BCUT2D eigenvalue weighted by Gasteiger charge is 2.24. The number of amides is 1. The molecule has 0 fully saturated rings. The molecule has 2 N–H and O–H groups in total. The molecule has 1 atom stereocenters. The molecule has 6 nitrogen and oxygen atoms in total. The molecular formula is C14H23N3O3. The average Bonchev–Trinajstić information content (AvgIpc) is 2.53. The highest BCUT2D eigenvalue weighted by molar-refractivity contribution is 5.95. The largest absolute Gasteiger partial charge is 0.481 e. The van der Waals surface area contributed by atoms with Crippen LogP contribution in [0.3, 0.4) is 0 Å². The maximum Gasteiger partial charge on any atom is 0.305 e. The fraction of sp³-hybridized carbons (Fsp3) is 0.643. The number of aromatic nitrogens is 2. The molecule has 1 rings (SSSR count). The van der Waals surface area contributed by atoms with E-state index in [1.54, 1.807) is 24.9 Å². The van der Waals surface area contributed by atoms with Gasteiger partial charge >= 0.3 is 5.97 Å². The van der Waals surface area contributed by atoms with Gasteiger partial charge in [-0.25, -0.2) is 0 Å². The van der Waals surface area contributed by atoms with Crippen LogP contribution < -0.4 is 5.32 Å². The molecule has 6 heteroatoms. The molecule has 1 unspecified atom stereocenters. The Labute approximate surface area is 119 Å². The zero-order valence-corrected chi connectivity index (χ0v) is 12.7. The van der Waals surface area contributed by atoms with E-state index in [1.807, 2.05) is 20.8 Å². The average molecular weight is 281 g/mol. The minimum Gasteiger partial charge on any atom is -0.481 e. The molecule has 1 heterocycles. The minimum absolute atomic E-state index is 0.0582. The van der Waals surface area contributed by atoms with Crippen molar-refractivity contribution in [2.45, 2.75) is 46.6 Å². The van der Waals surface area contributed by atoms with E-state index in [0.29, 0.717) is 17.7 Å². The fourth-order valence-electron chi connectivity index (χ4n) is 2.21. The summed E-state index contributed by atoms with van der Waals surface area (Å²) in [5, 5.41) is 15.9. The summed E-state index contributed by atoms with van der Waals surface area (Å²) in [5.41, 5.74) is 1.06. The summed E-state index contributed by atoms with van der Waals surface area (Å²) < 4.78 is 1.57. The number of hydrogen-bond donors (Lipinski definition) is 2. The third kappa shape index (κ3) is 5.03. The number of carbonyl (C=O) groups is 2. The van der Waals surface area contributed by atoms with E-state index >= 15 is 0 Å². The van der Waals surface area contributed by atoms with Gasteiger partial charge in [0.1, 0.15) is 0 Å². The van der Waals surface area contributed by atoms with Gasteiger partial charge < -0.3 is 10.4 Å². The number of carbonyl (C=O) groups excluding carboxylic acids is 1. The van der Waals surface area contributed by atoms with Gasteiger partial charge in [0.2, 0.25) is 0 Å². The van der Waals surface area contributed by atoms with Crippen molar-refractivity contribution < 1.29 is 14.7 Å².